The van der Waals surface area contributed by atoms with Crippen molar-refractivity contribution < 1.29 is 0 Å². The molecule has 5 nitrogen and oxygen atoms in total. The maximum Gasteiger partial charge on any atom is 0.169 e. The molecular weight excluding hydrogens is 378 g/mol. The van der Waals surface area contributed by atoms with E-state index in [2.05, 4.69) is 51.5 Å². The van der Waals surface area contributed by atoms with E-state index in [4.69, 9.17) is 10.7 Å². The predicted octanol–water partition coefficient (Wildman–Crippen LogP) is 4.58. The molecule has 148 valence electrons. The van der Waals surface area contributed by atoms with Gasteiger partial charge in [-0.05, 0) is 36.3 Å². The standard InChI is InChI=1S/C23H25N5S/c1-29-23-27-20-21(18-7-2-3-8-19(18)26-22(20)24)28(23)14-16-11-9-15(10-12-16)13-25-17-5-4-6-17/h2-3,7-12,17,25H,4-6,13-14H2,1H3,(H2,24,26). The molecule has 4 aromatic rings. The van der Waals surface area contributed by atoms with E-state index in [-0.39, 0.29) is 0 Å². The van der Waals surface area contributed by atoms with Gasteiger partial charge in [0.1, 0.15) is 5.52 Å². The summed E-state index contributed by atoms with van der Waals surface area (Å²) in [7, 11) is 0. The Morgan fingerprint density at radius 3 is 2.55 bits per heavy atom. The Labute approximate surface area is 174 Å². The monoisotopic (exact) mass is 403 g/mol. The highest BCUT2D eigenvalue weighted by Gasteiger charge is 2.18. The quantitative estimate of drug-likeness (QED) is 0.461. The number of thioether (sulfide) groups is 1. The van der Waals surface area contributed by atoms with Crippen LogP contribution in [0.25, 0.3) is 21.9 Å². The first-order valence-electron chi connectivity index (χ1n) is 10.1. The summed E-state index contributed by atoms with van der Waals surface area (Å²) in [5.41, 5.74) is 11.6. The van der Waals surface area contributed by atoms with Crippen molar-refractivity contribution in [1.82, 2.24) is 19.9 Å². The summed E-state index contributed by atoms with van der Waals surface area (Å²) in [6.07, 6.45) is 6.05. The average Bonchev–Trinajstić information content (AvgIpc) is 3.07. The number of benzene rings is 2. The summed E-state index contributed by atoms with van der Waals surface area (Å²) in [4.78, 5) is 9.33. The summed E-state index contributed by atoms with van der Waals surface area (Å²) in [5.74, 6) is 0.491. The maximum atomic E-state index is 6.24. The van der Waals surface area contributed by atoms with Gasteiger partial charge in [-0.1, -0.05) is 60.6 Å². The lowest BCUT2D eigenvalue weighted by Crippen LogP contribution is -2.34. The first-order valence-corrected chi connectivity index (χ1v) is 11.3. The molecule has 2 aromatic heterocycles. The number of pyridine rings is 1. The zero-order valence-electron chi connectivity index (χ0n) is 16.6. The first kappa shape index (κ1) is 18.5. The summed E-state index contributed by atoms with van der Waals surface area (Å²) >= 11 is 1.64. The van der Waals surface area contributed by atoms with Crippen LogP contribution in [0.2, 0.25) is 0 Å². The van der Waals surface area contributed by atoms with Crippen molar-refractivity contribution in [3.63, 3.8) is 0 Å². The van der Waals surface area contributed by atoms with Crippen LogP contribution in [0.4, 0.5) is 5.82 Å². The number of fused-ring (bicyclic) bond motifs is 3. The van der Waals surface area contributed by atoms with Gasteiger partial charge < -0.3 is 15.6 Å². The minimum Gasteiger partial charge on any atom is -0.382 e. The Morgan fingerprint density at radius 1 is 1.07 bits per heavy atom. The van der Waals surface area contributed by atoms with Crippen LogP contribution in [0, 0.1) is 0 Å². The Kier molecular flexibility index (Phi) is 4.89. The van der Waals surface area contributed by atoms with Crippen LogP contribution in [0.15, 0.2) is 53.7 Å². The molecule has 0 spiro atoms. The van der Waals surface area contributed by atoms with E-state index in [0.717, 1.165) is 40.2 Å². The van der Waals surface area contributed by atoms with E-state index in [0.29, 0.717) is 11.9 Å². The number of nitrogens with two attached hydrogens (primary N) is 1. The number of hydrogen-bond acceptors (Lipinski definition) is 5. The summed E-state index contributed by atoms with van der Waals surface area (Å²) < 4.78 is 2.27. The summed E-state index contributed by atoms with van der Waals surface area (Å²) in [5, 5.41) is 5.68. The van der Waals surface area contributed by atoms with Gasteiger partial charge in [-0.2, -0.15) is 0 Å². The molecular formula is C23H25N5S. The van der Waals surface area contributed by atoms with Crippen molar-refractivity contribution in [1.29, 1.82) is 0 Å². The molecule has 5 rings (SSSR count). The van der Waals surface area contributed by atoms with Crippen molar-refractivity contribution in [2.24, 2.45) is 0 Å². The second-order valence-electron chi connectivity index (χ2n) is 7.72. The second kappa shape index (κ2) is 7.69. The Hall–Kier alpha value is -2.57. The van der Waals surface area contributed by atoms with Crippen molar-refractivity contribution >= 4 is 39.5 Å². The molecule has 2 aromatic carbocycles. The lowest BCUT2D eigenvalue weighted by atomic mass is 9.93. The van der Waals surface area contributed by atoms with Crippen LogP contribution in [0.3, 0.4) is 0 Å². The fraction of sp³-hybridized carbons (Fsp3) is 0.304. The topological polar surface area (TPSA) is 68.8 Å². The maximum absolute atomic E-state index is 6.24. The van der Waals surface area contributed by atoms with Crippen LogP contribution in [-0.2, 0) is 13.1 Å². The zero-order valence-corrected chi connectivity index (χ0v) is 17.4. The number of para-hydroxylation sites is 1. The molecule has 0 aliphatic heterocycles. The molecule has 1 fully saturated rings. The number of imidazole rings is 1. The Morgan fingerprint density at radius 2 is 1.83 bits per heavy atom. The molecule has 2 heterocycles. The van der Waals surface area contributed by atoms with Gasteiger partial charge in [-0.25, -0.2) is 9.97 Å². The van der Waals surface area contributed by atoms with Gasteiger partial charge in [-0.15, -0.1) is 0 Å². The van der Waals surface area contributed by atoms with E-state index in [1.807, 2.05) is 18.2 Å². The SMILES string of the molecule is CSc1nc2c(N)nc3ccccc3c2n1Cc1ccc(CNC2CCC2)cc1. The van der Waals surface area contributed by atoms with Gasteiger partial charge in [0, 0.05) is 18.0 Å². The van der Waals surface area contributed by atoms with Gasteiger partial charge in [-0.3, -0.25) is 0 Å². The fourth-order valence-electron chi connectivity index (χ4n) is 3.96. The minimum atomic E-state index is 0.491. The molecule has 29 heavy (non-hydrogen) atoms. The molecule has 6 heteroatoms. The number of nitrogens with one attached hydrogen (secondary N) is 1. The van der Waals surface area contributed by atoms with Gasteiger partial charge in [0.05, 0.1) is 17.6 Å². The molecule has 0 bridgehead atoms. The van der Waals surface area contributed by atoms with Gasteiger partial charge >= 0.3 is 0 Å². The highest BCUT2D eigenvalue weighted by Crippen LogP contribution is 2.32. The highest BCUT2D eigenvalue weighted by molar-refractivity contribution is 7.98. The molecule has 3 N–H and O–H groups in total. The molecule has 0 unspecified atom stereocenters. The van der Waals surface area contributed by atoms with Crippen LogP contribution in [-0.4, -0.2) is 26.8 Å². The van der Waals surface area contributed by atoms with Crippen molar-refractivity contribution in [3.8, 4) is 0 Å². The highest BCUT2D eigenvalue weighted by atomic mass is 32.2. The number of hydrogen-bond donors (Lipinski definition) is 2. The molecule has 0 radical (unpaired) electrons. The average molecular weight is 404 g/mol. The third-order valence-electron chi connectivity index (χ3n) is 5.82. The normalized spacial score (nSPS) is 14.5. The van der Waals surface area contributed by atoms with E-state index in [9.17, 15) is 0 Å². The first-order chi connectivity index (χ1) is 14.2. The van der Waals surface area contributed by atoms with E-state index < -0.39 is 0 Å². The van der Waals surface area contributed by atoms with Crippen LogP contribution >= 0.6 is 11.8 Å². The molecule has 1 saturated carbocycles. The number of rotatable bonds is 6. The second-order valence-corrected chi connectivity index (χ2v) is 8.49. The third-order valence-corrected chi connectivity index (χ3v) is 6.50. The van der Waals surface area contributed by atoms with Crippen LogP contribution < -0.4 is 11.1 Å². The zero-order chi connectivity index (χ0) is 19.8. The van der Waals surface area contributed by atoms with Crippen LogP contribution in [0.1, 0.15) is 30.4 Å². The fourth-order valence-corrected chi connectivity index (χ4v) is 4.52. The molecule has 0 amide bonds. The molecule has 0 saturated heterocycles. The van der Waals surface area contributed by atoms with E-state index in [1.54, 1.807) is 11.8 Å². The number of aromatic nitrogens is 3. The van der Waals surface area contributed by atoms with Crippen molar-refractivity contribution in [2.75, 3.05) is 12.0 Å². The number of anilines is 1. The lowest BCUT2D eigenvalue weighted by molar-refractivity contribution is 0.338. The largest absolute Gasteiger partial charge is 0.382 e. The Bertz CT molecular complexity index is 1160. The Balaban J connectivity index is 1.49. The third kappa shape index (κ3) is 3.47. The molecule has 1 aliphatic rings. The smallest absolute Gasteiger partial charge is 0.169 e. The number of nitrogens with zero attached hydrogens (tertiary/aromatic N) is 3. The van der Waals surface area contributed by atoms with Crippen LogP contribution in [0.5, 0.6) is 0 Å². The van der Waals surface area contributed by atoms with Gasteiger partial charge in [0.25, 0.3) is 0 Å². The molecule has 1 aliphatic carbocycles. The number of nitrogen functional groups attached to an aromatic ring is 1. The molecule has 0 atom stereocenters. The van der Waals surface area contributed by atoms with Crippen molar-refractivity contribution in [3.05, 3.63) is 59.7 Å². The minimum absolute atomic E-state index is 0.491. The summed E-state index contributed by atoms with van der Waals surface area (Å²) in [6, 6.07) is 17.8. The van der Waals surface area contributed by atoms with Gasteiger partial charge in [0.2, 0.25) is 0 Å². The predicted molar refractivity (Wildman–Crippen MR) is 121 cm³/mol. The van der Waals surface area contributed by atoms with Gasteiger partial charge in [0.15, 0.2) is 11.0 Å². The van der Waals surface area contributed by atoms with E-state index >= 15 is 0 Å². The van der Waals surface area contributed by atoms with Crippen molar-refractivity contribution in [2.45, 2.75) is 43.6 Å². The lowest BCUT2D eigenvalue weighted by Gasteiger charge is -2.26. The van der Waals surface area contributed by atoms with E-state index in [1.165, 1.54) is 30.4 Å². The summed E-state index contributed by atoms with van der Waals surface area (Å²) in [6.45, 7) is 1.71.